The number of hydrogen-bond acceptors (Lipinski definition) is 14. The molecule has 2 atom stereocenters. The van der Waals surface area contributed by atoms with Gasteiger partial charge in [0.15, 0.2) is 11.6 Å². The van der Waals surface area contributed by atoms with Gasteiger partial charge >= 0.3 is 12.2 Å². The van der Waals surface area contributed by atoms with Gasteiger partial charge in [-0.3, -0.25) is 19.6 Å². The molecule has 18 nitrogen and oxygen atoms in total. The van der Waals surface area contributed by atoms with Crippen LogP contribution in [0.3, 0.4) is 0 Å². The zero-order valence-corrected chi connectivity index (χ0v) is 44.3. The van der Waals surface area contributed by atoms with Crippen molar-refractivity contribution in [2.75, 3.05) is 26.4 Å². The first-order valence-corrected chi connectivity index (χ1v) is 25.2. The zero-order valence-electron chi connectivity index (χ0n) is 44.3. The Bertz CT molecular complexity index is 2830. The Kier molecular flexibility index (Phi) is 18.9. The van der Waals surface area contributed by atoms with Crippen LogP contribution >= 0.6 is 0 Å². The highest BCUT2D eigenvalue weighted by Gasteiger charge is 2.21. The molecule has 0 unspecified atom stereocenters. The molecular weight excluding hydrogens is 965 g/mol. The van der Waals surface area contributed by atoms with E-state index in [9.17, 15) is 19.2 Å². The molecule has 4 N–H and O–H groups in total. The predicted octanol–water partition coefficient (Wildman–Crippen LogP) is 9.72. The topological polar surface area (TPSA) is 231 Å². The van der Waals surface area contributed by atoms with Crippen LogP contribution in [0, 0.1) is 0 Å². The molecule has 6 aromatic rings. The molecule has 6 heterocycles. The van der Waals surface area contributed by atoms with Crippen LogP contribution in [0.15, 0.2) is 122 Å². The van der Waals surface area contributed by atoms with Crippen LogP contribution in [0.2, 0.25) is 0 Å². The second kappa shape index (κ2) is 25.8. The minimum atomic E-state index is -0.564. The van der Waals surface area contributed by atoms with Gasteiger partial charge in [0.05, 0.1) is 38.5 Å². The molecule has 0 spiro atoms. The summed E-state index contributed by atoms with van der Waals surface area (Å²) in [6.07, 6.45) is 14.6. The van der Waals surface area contributed by atoms with Gasteiger partial charge in [-0.15, -0.1) is 0 Å². The van der Waals surface area contributed by atoms with Crippen molar-refractivity contribution in [3.05, 3.63) is 167 Å². The summed E-state index contributed by atoms with van der Waals surface area (Å²) in [4.78, 5) is 76.1. The van der Waals surface area contributed by atoms with Crippen molar-refractivity contribution in [2.24, 2.45) is 0 Å². The Morgan fingerprint density at radius 1 is 0.553 bits per heavy atom. The summed E-state index contributed by atoms with van der Waals surface area (Å²) in [7, 11) is 0. The Morgan fingerprint density at radius 3 is 1.30 bits per heavy atom. The highest BCUT2D eigenvalue weighted by molar-refractivity contribution is 5.93. The van der Waals surface area contributed by atoms with E-state index in [1.54, 1.807) is 49.3 Å². The number of carbonyl (C=O) groups is 4. The number of rotatable bonds is 14. The third kappa shape index (κ3) is 16.4. The molecule has 2 aromatic carbocycles. The number of aromatic nitrogens is 6. The Balaban J connectivity index is 0.000000221. The van der Waals surface area contributed by atoms with E-state index in [0.717, 1.165) is 68.5 Å². The van der Waals surface area contributed by atoms with Gasteiger partial charge in [0.1, 0.15) is 22.6 Å². The second-order valence-corrected chi connectivity index (χ2v) is 20.1. The summed E-state index contributed by atoms with van der Waals surface area (Å²) < 4.78 is 21.4. The molecule has 0 radical (unpaired) electrons. The van der Waals surface area contributed by atoms with Crippen molar-refractivity contribution in [1.82, 2.24) is 51.2 Å². The quantitative estimate of drug-likeness (QED) is 0.0796. The van der Waals surface area contributed by atoms with Crippen LogP contribution in [0.4, 0.5) is 9.59 Å². The molecule has 0 saturated carbocycles. The summed E-state index contributed by atoms with van der Waals surface area (Å²) in [5, 5.41) is 11.6. The van der Waals surface area contributed by atoms with Crippen molar-refractivity contribution in [3.63, 3.8) is 0 Å². The molecule has 2 aliphatic heterocycles. The van der Waals surface area contributed by atoms with Gasteiger partial charge in [-0.05, 0) is 137 Å². The van der Waals surface area contributed by atoms with Gasteiger partial charge in [-0.1, -0.05) is 60.7 Å². The summed E-state index contributed by atoms with van der Waals surface area (Å²) >= 11 is 0. The monoisotopic (exact) mass is 1030 g/mol. The molecule has 4 aromatic heterocycles. The minimum absolute atomic E-state index is 0.237. The fourth-order valence-corrected chi connectivity index (χ4v) is 7.99. The predicted molar refractivity (Wildman–Crippen MR) is 288 cm³/mol. The van der Waals surface area contributed by atoms with Gasteiger partial charge in [-0.2, -0.15) is 0 Å². The molecule has 18 heteroatoms. The summed E-state index contributed by atoms with van der Waals surface area (Å²) in [6, 6.07) is 22.3. The van der Waals surface area contributed by atoms with Crippen LogP contribution in [-0.2, 0) is 32.0 Å². The molecule has 396 valence electrons. The van der Waals surface area contributed by atoms with Crippen molar-refractivity contribution in [1.29, 1.82) is 0 Å². The molecule has 76 heavy (non-hydrogen) atoms. The Hall–Kier alpha value is -8.22. The average molecular weight is 1030 g/mol. The summed E-state index contributed by atoms with van der Waals surface area (Å²) in [5.41, 5.74) is 8.93. The van der Waals surface area contributed by atoms with Gasteiger partial charge < -0.3 is 40.2 Å². The van der Waals surface area contributed by atoms with Crippen LogP contribution in [0.1, 0.15) is 135 Å². The number of pyridine rings is 2. The normalized spacial score (nSPS) is 14.3. The van der Waals surface area contributed by atoms with E-state index in [1.807, 2.05) is 128 Å². The Labute approximate surface area is 443 Å². The molecule has 0 aliphatic carbocycles. The van der Waals surface area contributed by atoms with Gasteiger partial charge in [0, 0.05) is 61.4 Å². The number of carbonyl (C=O) groups excluding carboxylic acids is 4. The number of benzene rings is 2. The summed E-state index contributed by atoms with van der Waals surface area (Å²) in [6.45, 7) is 17.7. The zero-order chi connectivity index (χ0) is 54.2. The van der Waals surface area contributed by atoms with E-state index in [4.69, 9.17) is 18.9 Å². The molecule has 0 saturated heterocycles. The maximum atomic E-state index is 12.9. The van der Waals surface area contributed by atoms with Crippen LogP contribution < -0.4 is 21.3 Å². The second-order valence-electron chi connectivity index (χ2n) is 20.1. The van der Waals surface area contributed by atoms with Gasteiger partial charge in [-0.25, -0.2) is 29.5 Å². The average Bonchev–Trinajstić information content (AvgIpc) is 3.42. The molecule has 4 amide bonds. The SMILES string of the molecule is C[C@@H](NC(=O)c1ccnc(C2=CCOCC2)n1)c1ccc(-c2cnccc2CNC(=O)OC(C)(C)C)cc1.C[C@@H](NC(=O)c1ccnc(C2=CCOCC2)n1)c1ccc(-c2cnccc2CNC(=O)OC(C)(C)C)cc1. The number of amides is 4. The molecule has 2 aliphatic rings. The third-order valence-electron chi connectivity index (χ3n) is 11.9. The van der Waals surface area contributed by atoms with E-state index in [2.05, 4.69) is 51.2 Å². The van der Waals surface area contributed by atoms with Gasteiger partial charge in [0.2, 0.25) is 0 Å². The molecular formula is C58H66N10O8. The first-order chi connectivity index (χ1) is 36.4. The first kappa shape index (κ1) is 55.5. The fourth-order valence-electron chi connectivity index (χ4n) is 7.99. The van der Waals surface area contributed by atoms with E-state index < -0.39 is 23.4 Å². The summed E-state index contributed by atoms with van der Waals surface area (Å²) in [5.74, 6) is 0.596. The largest absolute Gasteiger partial charge is 0.444 e. The number of ether oxygens (including phenoxy) is 4. The Morgan fingerprint density at radius 2 is 0.947 bits per heavy atom. The number of nitrogens with zero attached hydrogens (tertiary/aromatic N) is 6. The van der Waals surface area contributed by atoms with Gasteiger partial charge in [0.25, 0.3) is 11.8 Å². The van der Waals surface area contributed by atoms with E-state index in [1.165, 1.54) is 0 Å². The minimum Gasteiger partial charge on any atom is -0.444 e. The third-order valence-corrected chi connectivity index (χ3v) is 11.9. The number of hydrogen-bond donors (Lipinski definition) is 4. The number of nitrogens with one attached hydrogen (secondary N) is 4. The maximum absolute atomic E-state index is 12.9. The fraction of sp³-hybridized carbons (Fsp3) is 0.345. The van der Waals surface area contributed by atoms with Crippen molar-refractivity contribution < 1.29 is 38.1 Å². The van der Waals surface area contributed by atoms with Crippen molar-refractivity contribution >= 4 is 35.1 Å². The van der Waals surface area contributed by atoms with Crippen molar-refractivity contribution in [2.45, 2.75) is 105 Å². The van der Waals surface area contributed by atoms with E-state index >= 15 is 0 Å². The molecule has 0 fully saturated rings. The molecule has 0 bridgehead atoms. The lowest BCUT2D eigenvalue weighted by molar-refractivity contribution is 0.0512. The standard InChI is InChI=1S/2C29H33N5O4/c2*1-19(33-27(35)25-10-14-31-26(34-25)22-11-15-37-16-12-22)20-5-7-21(8-6-20)24-18-30-13-9-23(24)17-32-28(36)38-29(2,3)4/h2*5-11,13-14,18-19H,12,15-17H2,1-4H3,(H,32,36)(H,33,35)/t2*19-/m11/s1. The van der Waals surface area contributed by atoms with Crippen LogP contribution in [0.25, 0.3) is 33.4 Å². The van der Waals surface area contributed by atoms with Crippen molar-refractivity contribution in [3.8, 4) is 22.3 Å². The van der Waals surface area contributed by atoms with E-state index in [-0.39, 0.29) is 23.9 Å². The lowest BCUT2D eigenvalue weighted by Crippen LogP contribution is -2.32. The first-order valence-electron chi connectivity index (χ1n) is 25.2. The van der Waals surface area contributed by atoms with Crippen LogP contribution in [-0.4, -0.2) is 91.5 Å². The van der Waals surface area contributed by atoms with Crippen LogP contribution in [0.5, 0.6) is 0 Å². The molecule has 8 rings (SSSR count). The van der Waals surface area contributed by atoms with E-state index in [0.29, 0.717) is 62.6 Å². The number of alkyl carbamates (subject to hydrolysis) is 2. The highest BCUT2D eigenvalue weighted by Crippen LogP contribution is 2.28. The highest BCUT2D eigenvalue weighted by atomic mass is 16.6. The lowest BCUT2D eigenvalue weighted by Gasteiger charge is -2.20. The maximum Gasteiger partial charge on any atom is 0.407 e. The smallest absolute Gasteiger partial charge is 0.407 e. The lowest BCUT2D eigenvalue weighted by atomic mass is 9.99.